The zero-order chi connectivity index (χ0) is 20.8. The van der Waals surface area contributed by atoms with Crippen molar-refractivity contribution >= 4 is 42.9 Å². The van der Waals surface area contributed by atoms with Crippen molar-refractivity contribution in [1.82, 2.24) is 0 Å². The Hall–Kier alpha value is -2.47. The van der Waals surface area contributed by atoms with Crippen LogP contribution in [0, 0.1) is 6.92 Å². The zero-order valence-corrected chi connectivity index (χ0v) is 18.2. The van der Waals surface area contributed by atoms with E-state index in [0.29, 0.717) is 21.5 Å². The zero-order valence-electron chi connectivity index (χ0n) is 15.8. The molecule has 146 valence electrons. The molecule has 0 bridgehead atoms. The molecule has 0 spiro atoms. The number of rotatable bonds is 3. The lowest BCUT2D eigenvalue weighted by Gasteiger charge is -2.13. The molecule has 3 aromatic carbocycles. The van der Waals surface area contributed by atoms with Crippen molar-refractivity contribution in [3.63, 3.8) is 0 Å². The van der Waals surface area contributed by atoms with E-state index in [4.69, 9.17) is 11.6 Å². The standard InChI is InChI=1S/C23H17ClO3S2/c1-14-7-12-17(19(24)13-14)21-22(25)18-5-3-4-6-20(18)28-23(21)15-8-10-16(11-9-15)29(2,26)27/h3-13H,1-2H3. The first-order valence-corrected chi connectivity index (χ1v) is 12.0. The molecule has 0 saturated heterocycles. The number of hydrogen-bond acceptors (Lipinski definition) is 4. The monoisotopic (exact) mass is 440 g/mol. The summed E-state index contributed by atoms with van der Waals surface area (Å²) in [4.78, 5) is 14.4. The first-order valence-electron chi connectivity index (χ1n) is 8.88. The summed E-state index contributed by atoms with van der Waals surface area (Å²) in [6.07, 6.45) is 1.17. The molecular weight excluding hydrogens is 424 g/mol. The molecule has 1 aromatic heterocycles. The smallest absolute Gasteiger partial charge is 0.196 e. The second-order valence-corrected chi connectivity index (χ2v) is 10.4. The van der Waals surface area contributed by atoms with Crippen molar-refractivity contribution in [3.05, 3.63) is 87.5 Å². The molecule has 0 aliphatic heterocycles. The van der Waals surface area contributed by atoms with Crippen LogP contribution >= 0.6 is 22.9 Å². The van der Waals surface area contributed by atoms with Crippen LogP contribution in [0.2, 0.25) is 5.02 Å². The van der Waals surface area contributed by atoms with Gasteiger partial charge in [0.2, 0.25) is 0 Å². The van der Waals surface area contributed by atoms with E-state index in [-0.39, 0.29) is 10.3 Å². The molecule has 0 aliphatic rings. The average molecular weight is 441 g/mol. The van der Waals surface area contributed by atoms with Crippen LogP contribution in [0.15, 0.2) is 76.4 Å². The van der Waals surface area contributed by atoms with Crippen molar-refractivity contribution in [3.8, 4) is 21.6 Å². The van der Waals surface area contributed by atoms with Gasteiger partial charge in [-0.25, -0.2) is 8.42 Å². The number of aryl methyl sites for hydroxylation is 1. The van der Waals surface area contributed by atoms with E-state index in [1.165, 1.54) is 17.6 Å². The van der Waals surface area contributed by atoms with Gasteiger partial charge < -0.3 is 0 Å². The maximum atomic E-state index is 13.4. The maximum Gasteiger partial charge on any atom is 0.196 e. The van der Waals surface area contributed by atoms with Gasteiger partial charge >= 0.3 is 0 Å². The van der Waals surface area contributed by atoms with Gasteiger partial charge in [0.05, 0.1) is 4.90 Å². The molecule has 0 N–H and O–H groups in total. The van der Waals surface area contributed by atoms with Gasteiger partial charge in [0.1, 0.15) is 0 Å². The molecule has 0 fully saturated rings. The van der Waals surface area contributed by atoms with Gasteiger partial charge in [-0.05, 0) is 48.4 Å². The van der Waals surface area contributed by atoms with Crippen molar-refractivity contribution in [2.75, 3.05) is 6.26 Å². The summed E-state index contributed by atoms with van der Waals surface area (Å²) in [6, 6.07) is 19.7. The fraction of sp³-hybridized carbons (Fsp3) is 0.0870. The van der Waals surface area contributed by atoms with Gasteiger partial charge in [-0.1, -0.05) is 48.0 Å². The van der Waals surface area contributed by atoms with Gasteiger partial charge in [0.15, 0.2) is 15.3 Å². The van der Waals surface area contributed by atoms with Crippen molar-refractivity contribution in [1.29, 1.82) is 0 Å². The largest absolute Gasteiger partial charge is 0.288 e. The number of benzene rings is 3. The average Bonchev–Trinajstić information content (AvgIpc) is 2.68. The molecule has 0 unspecified atom stereocenters. The summed E-state index contributed by atoms with van der Waals surface area (Å²) in [5.41, 5.74) is 2.90. The topological polar surface area (TPSA) is 51.2 Å². The molecule has 0 saturated carbocycles. The Kier molecular flexibility index (Phi) is 5.07. The van der Waals surface area contributed by atoms with E-state index in [2.05, 4.69) is 0 Å². The predicted molar refractivity (Wildman–Crippen MR) is 122 cm³/mol. The number of fused-ring (bicyclic) bond motifs is 1. The molecule has 0 aliphatic carbocycles. The van der Waals surface area contributed by atoms with Crippen LogP contribution in [0.5, 0.6) is 0 Å². The molecule has 4 rings (SSSR count). The second kappa shape index (κ2) is 7.41. The highest BCUT2D eigenvalue weighted by Crippen LogP contribution is 2.39. The maximum absolute atomic E-state index is 13.4. The van der Waals surface area contributed by atoms with Crippen molar-refractivity contribution < 1.29 is 8.42 Å². The lowest BCUT2D eigenvalue weighted by molar-refractivity contribution is 0.602. The minimum Gasteiger partial charge on any atom is -0.288 e. The van der Waals surface area contributed by atoms with Crippen LogP contribution in [-0.2, 0) is 9.84 Å². The first-order chi connectivity index (χ1) is 13.8. The summed E-state index contributed by atoms with van der Waals surface area (Å²) >= 11 is 8.01. The van der Waals surface area contributed by atoms with E-state index in [0.717, 1.165) is 20.7 Å². The van der Waals surface area contributed by atoms with Crippen LogP contribution in [0.4, 0.5) is 0 Å². The summed E-state index contributed by atoms with van der Waals surface area (Å²) < 4.78 is 24.5. The third kappa shape index (κ3) is 3.73. The van der Waals surface area contributed by atoms with Gasteiger partial charge in [-0.3, -0.25) is 4.79 Å². The first kappa shape index (κ1) is 19.8. The van der Waals surface area contributed by atoms with E-state index in [9.17, 15) is 13.2 Å². The second-order valence-electron chi connectivity index (χ2n) is 6.91. The molecule has 3 nitrogen and oxygen atoms in total. The van der Waals surface area contributed by atoms with E-state index < -0.39 is 9.84 Å². The summed E-state index contributed by atoms with van der Waals surface area (Å²) in [5.74, 6) is 0. The number of halogens is 1. The van der Waals surface area contributed by atoms with Crippen molar-refractivity contribution in [2.45, 2.75) is 11.8 Å². The minimum absolute atomic E-state index is 0.0905. The normalized spacial score (nSPS) is 11.7. The highest BCUT2D eigenvalue weighted by atomic mass is 35.5. The van der Waals surface area contributed by atoms with E-state index in [1.54, 1.807) is 24.3 Å². The highest BCUT2D eigenvalue weighted by molar-refractivity contribution is 7.90. The fourth-order valence-electron chi connectivity index (χ4n) is 3.27. The van der Waals surface area contributed by atoms with Crippen LogP contribution in [0.3, 0.4) is 0 Å². The van der Waals surface area contributed by atoms with Crippen LogP contribution in [0.25, 0.3) is 31.7 Å². The molecular formula is C23H17ClO3S2. The van der Waals surface area contributed by atoms with E-state index >= 15 is 0 Å². The van der Waals surface area contributed by atoms with E-state index in [1.807, 2.05) is 49.4 Å². The molecule has 0 amide bonds. The summed E-state index contributed by atoms with van der Waals surface area (Å²) in [7, 11) is -3.30. The molecule has 0 atom stereocenters. The van der Waals surface area contributed by atoms with Gasteiger partial charge in [0, 0.05) is 37.4 Å². The number of sulfone groups is 1. The molecule has 1 heterocycles. The van der Waals surface area contributed by atoms with Gasteiger partial charge in [0.25, 0.3) is 0 Å². The fourth-order valence-corrected chi connectivity index (χ4v) is 5.42. The Balaban J connectivity index is 2.06. The lowest BCUT2D eigenvalue weighted by atomic mass is 9.99. The Morgan fingerprint density at radius 1 is 0.931 bits per heavy atom. The van der Waals surface area contributed by atoms with Crippen LogP contribution in [-0.4, -0.2) is 14.7 Å². The van der Waals surface area contributed by atoms with Crippen LogP contribution in [0.1, 0.15) is 5.56 Å². The Labute approximate surface area is 178 Å². The third-order valence-corrected chi connectivity index (χ3v) is 7.40. The summed E-state index contributed by atoms with van der Waals surface area (Å²) in [5, 5.41) is 1.15. The summed E-state index contributed by atoms with van der Waals surface area (Å²) in [6.45, 7) is 1.95. The molecule has 6 heteroatoms. The van der Waals surface area contributed by atoms with Crippen molar-refractivity contribution in [2.24, 2.45) is 0 Å². The molecule has 4 aromatic rings. The predicted octanol–water partition coefficient (Wildman–Crippen LogP) is 5.96. The lowest BCUT2D eigenvalue weighted by Crippen LogP contribution is -2.07. The Morgan fingerprint density at radius 3 is 2.28 bits per heavy atom. The Morgan fingerprint density at radius 2 is 1.62 bits per heavy atom. The Bertz CT molecular complexity index is 1400. The number of hydrogen-bond donors (Lipinski definition) is 0. The minimum atomic E-state index is -3.30. The van der Waals surface area contributed by atoms with Gasteiger partial charge in [-0.15, -0.1) is 11.3 Å². The highest BCUT2D eigenvalue weighted by Gasteiger charge is 2.18. The molecule has 29 heavy (non-hydrogen) atoms. The molecule has 0 radical (unpaired) electrons. The quantitative estimate of drug-likeness (QED) is 0.395. The van der Waals surface area contributed by atoms with Gasteiger partial charge in [-0.2, -0.15) is 0 Å². The van der Waals surface area contributed by atoms with Crippen LogP contribution < -0.4 is 5.43 Å². The third-order valence-electron chi connectivity index (χ3n) is 4.74. The SMILES string of the molecule is Cc1ccc(-c2c(-c3ccc(S(C)(=O)=O)cc3)sc3ccccc3c2=O)c(Cl)c1.